The lowest BCUT2D eigenvalue weighted by molar-refractivity contribution is 0.0742. The second-order valence-electron chi connectivity index (χ2n) is 5.82. The molecule has 1 aliphatic rings. The zero-order chi connectivity index (χ0) is 14.7. The van der Waals surface area contributed by atoms with Gasteiger partial charge in [-0.3, -0.25) is 4.79 Å². The van der Waals surface area contributed by atoms with Crippen LogP contribution in [0, 0.1) is 0 Å². The summed E-state index contributed by atoms with van der Waals surface area (Å²) in [6, 6.07) is 8.38. The maximum absolute atomic E-state index is 12.8. The van der Waals surface area contributed by atoms with Crippen molar-refractivity contribution in [2.75, 3.05) is 19.6 Å². The van der Waals surface area contributed by atoms with E-state index in [9.17, 15) is 4.79 Å². The van der Waals surface area contributed by atoms with Crippen LogP contribution in [0.25, 0.3) is 10.9 Å². The first-order valence-electron chi connectivity index (χ1n) is 7.87. The highest BCUT2D eigenvalue weighted by Gasteiger charge is 2.22. The molecule has 4 heteroatoms. The number of carbonyl (C=O) groups excluding carboxylic acids is 1. The van der Waals surface area contributed by atoms with Crippen molar-refractivity contribution in [2.24, 2.45) is 0 Å². The van der Waals surface area contributed by atoms with E-state index in [1.54, 1.807) is 0 Å². The molecule has 0 saturated carbocycles. The van der Waals surface area contributed by atoms with Crippen LogP contribution < -0.4 is 5.32 Å². The first-order valence-corrected chi connectivity index (χ1v) is 7.87. The molecule has 1 saturated heterocycles. The molecule has 1 fully saturated rings. The average molecular weight is 285 g/mol. The molecule has 21 heavy (non-hydrogen) atoms. The lowest BCUT2D eigenvalue weighted by Gasteiger charge is -2.25. The summed E-state index contributed by atoms with van der Waals surface area (Å²) in [5.74, 6) is 0.141. The molecule has 1 amide bonds. The van der Waals surface area contributed by atoms with Gasteiger partial charge in [0.25, 0.3) is 5.91 Å². The molecule has 1 aliphatic heterocycles. The van der Waals surface area contributed by atoms with Crippen molar-refractivity contribution in [1.29, 1.82) is 0 Å². The lowest BCUT2D eigenvalue weighted by atomic mass is 10.1. The van der Waals surface area contributed by atoms with Gasteiger partial charge in [-0.25, -0.2) is 0 Å². The third kappa shape index (κ3) is 3.10. The molecular formula is C17H23N3O. The van der Waals surface area contributed by atoms with Crippen molar-refractivity contribution in [3.05, 3.63) is 36.0 Å². The maximum atomic E-state index is 12.8. The summed E-state index contributed by atoms with van der Waals surface area (Å²) in [6.45, 7) is 4.83. The Morgan fingerprint density at radius 1 is 1.38 bits per heavy atom. The minimum Gasteiger partial charge on any atom is -0.361 e. The summed E-state index contributed by atoms with van der Waals surface area (Å²) in [7, 11) is 0. The van der Waals surface area contributed by atoms with E-state index in [0.717, 1.165) is 42.5 Å². The van der Waals surface area contributed by atoms with E-state index < -0.39 is 0 Å². The standard InChI is InChI=1S/C17H23N3O/c1-2-10-20(12-15-4-3-8-18-15)17(21)14-6-5-13-7-9-19-16(13)11-14/h5-7,9,11,15,18-19H,2-4,8,10,12H2,1H3. The second kappa shape index (κ2) is 6.31. The van der Waals surface area contributed by atoms with Crippen LogP contribution in [-0.4, -0.2) is 41.5 Å². The number of amides is 1. The molecule has 4 nitrogen and oxygen atoms in total. The van der Waals surface area contributed by atoms with Crippen LogP contribution >= 0.6 is 0 Å². The number of benzene rings is 1. The Labute approximate surface area is 125 Å². The van der Waals surface area contributed by atoms with Crippen molar-refractivity contribution >= 4 is 16.8 Å². The van der Waals surface area contributed by atoms with Gasteiger partial charge in [0, 0.05) is 36.4 Å². The molecule has 0 bridgehead atoms. The highest BCUT2D eigenvalue weighted by Crippen LogP contribution is 2.17. The molecule has 0 aliphatic carbocycles. The number of nitrogens with zero attached hydrogens (tertiary/aromatic N) is 1. The number of hydrogen-bond acceptors (Lipinski definition) is 2. The Morgan fingerprint density at radius 2 is 2.29 bits per heavy atom. The third-order valence-electron chi connectivity index (χ3n) is 4.19. The molecule has 112 valence electrons. The van der Waals surface area contributed by atoms with E-state index in [1.165, 1.54) is 12.8 Å². The van der Waals surface area contributed by atoms with Crippen LogP contribution in [0.4, 0.5) is 0 Å². The summed E-state index contributed by atoms with van der Waals surface area (Å²) in [4.78, 5) is 17.9. The van der Waals surface area contributed by atoms with Gasteiger partial charge in [0.05, 0.1) is 0 Å². The molecule has 2 N–H and O–H groups in total. The van der Waals surface area contributed by atoms with E-state index in [2.05, 4.69) is 17.2 Å². The molecule has 2 heterocycles. The molecule has 1 atom stereocenters. The number of nitrogens with one attached hydrogen (secondary N) is 2. The van der Waals surface area contributed by atoms with E-state index >= 15 is 0 Å². The van der Waals surface area contributed by atoms with Gasteiger partial charge in [-0.15, -0.1) is 0 Å². The van der Waals surface area contributed by atoms with Crippen molar-refractivity contribution < 1.29 is 4.79 Å². The number of aromatic nitrogens is 1. The predicted octanol–water partition coefficient (Wildman–Crippen LogP) is 2.77. The van der Waals surface area contributed by atoms with Gasteiger partial charge in [-0.1, -0.05) is 13.0 Å². The molecule has 1 aromatic heterocycles. The second-order valence-corrected chi connectivity index (χ2v) is 5.82. The number of aromatic amines is 1. The van der Waals surface area contributed by atoms with Crippen molar-refractivity contribution in [1.82, 2.24) is 15.2 Å². The van der Waals surface area contributed by atoms with Crippen LogP contribution in [0.5, 0.6) is 0 Å². The Hall–Kier alpha value is -1.81. The fraction of sp³-hybridized carbons (Fsp3) is 0.471. The normalized spacial score (nSPS) is 18.2. The molecule has 1 unspecified atom stereocenters. The largest absolute Gasteiger partial charge is 0.361 e. The summed E-state index contributed by atoms with van der Waals surface area (Å²) in [5, 5.41) is 4.62. The Balaban J connectivity index is 1.78. The maximum Gasteiger partial charge on any atom is 0.253 e. The summed E-state index contributed by atoms with van der Waals surface area (Å²) >= 11 is 0. The fourth-order valence-electron chi connectivity index (χ4n) is 3.09. The third-order valence-corrected chi connectivity index (χ3v) is 4.19. The highest BCUT2D eigenvalue weighted by molar-refractivity contribution is 5.97. The molecule has 1 aromatic carbocycles. The van der Waals surface area contributed by atoms with Gasteiger partial charge in [-0.2, -0.15) is 0 Å². The minimum absolute atomic E-state index is 0.141. The van der Waals surface area contributed by atoms with Gasteiger partial charge in [0.1, 0.15) is 0 Å². The van der Waals surface area contributed by atoms with Crippen molar-refractivity contribution in [3.63, 3.8) is 0 Å². The Kier molecular flexibility index (Phi) is 4.25. The van der Waals surface area contributed by atoms with Gasteiger partial charge in [0.15, 0.2) is 0 Å². The fourth-order valence-corrected chi connectivity index (χ4v) is 3.09. The molecule has 3 rings (SSSR count). The van der Waals surface area contributed by atoms with Gasteiger partial charge >= 0.3 is 0 Å². The molecule has 0 spiro atoms. The summed E-state index contributed by atoms with van der Waals surface area (Å²) in [5.41, 5.74) is 1.80. The summed E-state index contributed by atoms with van der Waals surface area (Å²) in [6.07, 6.45) is 5.28. The molecule has 0 radical (unpaired) electrons. The van der Waals surface area contributed by atoms with E-state index in [4.69, 9.17) is 0 Å². The number of fused-ring (bicyclic) bond motifs is 1. The summed E-state index contributed by atoms with van der Waals surface area (Å²) < 4.78 is 0. The first-order chi connectivity index (χ1) is 10.3. The zero-order valence-electron chi connectivity index (χ0n) is 12.6. The molecule has 2 aromatic rings. The van der Waals surface area contributed by atoms with Gasteiger partial charge in [-0.05, 0) is 49.4 Å². The van der Waals surface area contributed by atoms with Crippen molar-refractivity contribution in [3.8, 4) is 0 Å². The predicted molar refractivity (Wildman–Crippen MR) is 85.5 cm³/mol. The SMILES string of the molecule is CCCN(CC1CCCN1)C(=O)c1ccc2cc[nH]c2c1. The van der Waals surface area contributed by atoms with E-state index in [1.807, 2.05) is 35.4 Å². The average Bonchev–Trinajstić information content (AvgIpc) is 3.16. The van der Waals surface area contributed by atoms with Gasteiger partial charge < -0.3 is 15.2 Å². The number of carbonyl (C=O) groups is 1. The molecular weight excluding hydrogens is 262 g/mol. The zero-order valence-corrected chi connectivity index (χ0v) is 12.6. The minimum atomic E-state index is 0.141. The quantitative estimate of drug-likeness (QED) is 0.887. The smallest absolute Gasteiger partial charge is 0.253 e. The number of H-pyrrole nitrogens is 1. The first kappa shape index (κ1) is 14.1. The van der Waals surface area contributed by atoms with Crippen molar-refractivity contribution in [2.45, 2.75) is 32.2 Å². The van der Waals surface area contributed by atoms with Crippen LogP contribution in [0.15, 0.2) is 30.5 Å². The monoisotopic (exact) mass is 285 g/mol. The Morgan fingerprint density at radius 3 is 3.05 bits per heavy atom. The van der Waals surface area contributed by atoms with E-state index in [-0.39, 0.29) is 5.91 Å². The van der Waals surface area contributed by atoms with Crippen LogP contribution in [0.3, 0.4) is 0 Å². The van der Waals surface area contributed by atoms with Crippen LogP contribution in [0.1, 0.15) is 36.5 Å². The topological polar surface area (TPSA) is 48.1 Å². The van der Waals surface area contributed by atoms with E-state index in [0.29, 0.717) is 6.04 Å². The number of rotatable bonds is 5. The lowest BCUT2D eigenvalue weighted by Crippen LogP contribution is -2.41. The van der Waals surface area contributed by atoms with Gasteiger partial charge in [0.2, 0.25) is 0 Å². The van der Waals surface area contributed by atoms with Crippen LogP contribution in [0.2, 0.25) is 0 Å². The van der Waals surface area contributed by atoms with Crippen LogP contribution in [-0.2, 0) is 0 Å². The highest BCUT2D eigenvalue weighted by atomic mass is 16.2. The Bertz CT molecular complexity index is 613. The number of hydrogen-bond donors (Lipinski definition) is 2.